The Morgan fingerprint density at radius 1 is 0.935 bits per heavy atom. The van der Waals surface area contributed by atoms with Gasteiger partial charge in [-0.25, -0.2) is 8.42 Å². The summed E-state index contributed by atoms with van der Waals surface area (Å²) < 4.78 is 39.8. The van der Waals surface area contributed by atoms with Crippen molar-refractivity contribution in [2.24, 2.45) is 0 Å². The van der Waals surface area contributed by atoms with Crippen molar-refractivity contribution in [1.82, 2.24) is 4.90 Å². The van der Waals surface area contributed by atoms with E-state index in [1.165, 1.54) is 12.1 Å². The zero-order valence-corrected chi connectivity index (χ0v) is 18.5. The van der Waals surface area contributed by atoms with Gasteiger partial charge in [0.25, 0.3) is 15.9 Å². The maximum atomic E-state index is 13.2. The van der Waals surface area contributed by atoms with Gasteiger partial charge < -0.3 is 19.3 Å². The summed E-state index contributed by atoms with van der Waals surface area (Å²) in [6.45, 7) is 4.36. The van der Waals surface area contributed by atoms with Gasteiger partial charge in [0.2, 0.25) is 0 Å². The molecule has 2 aromatic carbocycles. The van der Waals surface area contributed by atoms with Gasteiger partial charge in [-0.15, -0.1) is 0 Å². The number of rotatable bonds is 5. The summed E-state index contributed by atoms with van der Waals surface area (Å²) in [5, 5.41) is 0.0508. The summed E-state index contributed by atoms with van der Waals surface area (Å²) in [4.78, 5) is 16.4. The largest absolute Gasteiger partial charge is 0.378 e. The van der Waals surface area contributed by atoms with E-state index in [1.54, 1.807) is 23.1 Å². The molecule has 1 N–H and O–H groups in total. The number of morpholine rings is 2. The number of amides is 1. The van der Waals surface area contributed by atoms with Gasteiger partial charge in [0, 0.05) is 31.7 Å². The molecule has 0 aliphatic carbocycles. The van der Waals surface area contributed by atoms with E-state index in [2.05, 4.69) is 9.62 Å². The van der Waals surface area contributed by atoms with Crippen molar-refractivity contribution in [2.45, 2.75) is 4.90 Å². The van der Waals surface area contributed by atoms with E-state index in [-0.39, 0.29) is 21.4 Å². The number of ether oxygens (including phenoxy) is 2. The summed E-state index contributed by atoms with van der Waals surface area (Å²) >= 11 is 6.23. The van der Waals surface area contributed by atoms with Gasteiger partial charge in [-0.1, -0.05) is 23.7 Å². The maximum Gasteiger partial charge on any atom is 0.263 e. The molecule has 10 heteroatoms. The second-order valence-electron chi connectivity index (χ2n) is 7.27. The third-order valence-corrected chi connectivity index (χ3v) is 7.11. The van der Waals surface area contributed by atoms with Gasteiger partial charge in [-0.3, -0.25) is 9.52 Å². The quantitative estimate of drug-likeness (QED) is 0.729. The Labute approximate surface area is 186 Å². The molecule has 2 aliphatic rings. The van der Waals surface area contributed by atoms with Crippen molar-refractivity contribution >= 4 is 38.9 Å². The zero-order valence-electron chi connectivity index (χ0n) is 16.9. The predicted molar refractivity (Wildman–Crippen MR) is 118 cm³/mol. The van der Waals surface area contributed by atoms with E-state index in [1.807, 2.05) is 12.1 Å². The lowest BCUT2D eigenvalue weighted by molar-refractivity contribution is 0.0302. The van der Waals surface area contributed by atoms with E-state index in [4.69, 9.17) is 21.1 Å². The molecular formula is C21H24ClN3O5S. The van der Waals surface area contributed by atoms with Gasteiger partial charge in [0.05, 0.1) is 42.8 Å². The molecule has 0 unspecified atom stereocenters. The molecule has 2 aliphatic heterocycles. The first-order valence-corrected chi connectivity index (χ1v) is 11.9. The van der Waals surface area contributed by atoms with Crippen molar-refractivity contribution in [2.75, 3.05) is 62.2 Å². The highest BCUT2D eigenvalue weighted by Gasteiger charge is 2.25. The highest BCUT2D eigenvalue weighted by Crippen LogP contribution is 2.31. The van der Waals surface area contributed by atoms with E-state index in [9.17, 15) is 13.2 Å². The summed E-state index contributed by atoms with van der Waals surface area (Å²) in [5.74, 6) is -0.245. The molecule has 0 aromatic heterocycles. The number of sulfonamides is 1. The molecule has 1 amide bonds. The van der Waals surface area contributed by atoms with Crippen LogP contribution in [0.15, 0.2) is 47.4 Å². The molecule has 31 heavy (non-hydrogen) atoms. The predicted octanol–water partition coefficient (Wildman–Crippen LogP) is 2.45. The fourth-order valence-electron chi connectivity index (χ4n) is 3.63. The topological polar surface area (TPSA) is 88.2 Å². The number of carbonyl (C=O) groups excluding carboxylic acids is 1. The molecule has 2 fully saturated rings. The van der Waals surface area contributed by atoms with Gasteiger partial charge >= 0.3 is 0 Å². The van der Waals surface area contributed by atoms with Crippen LogP contribution in [0.5, 0.6) is 0 Å². The SMILES string of the molecule is O=C(c1ccc(Cl)c(S(=O)(=O)Nc2ccccc2N2CCOCC2)c1)N1CCOCC1. The number of nitrogens with zero attached hydrogens (tertiary/aromatic N) is 2. The first-order valence-electron chi connectivity index (χ1n) is 10.1. The number of nitrogens with one attached hydrogen (secondary N) is 1. The van der Waals surface area contributed by atoms with Gasteiger partial charge in [-0.05, 0) is 30.3 Å². The minimum absolute atomic E-state index is 0.0508. The molecule has 2 saturated heterocycles. The molecular weight excluding hydrogens is 442 g/mol. The molecule has 2 aromatic rings. The monoisotopic (exact) mass is 465 g/mol. The van der Waals surface area contributed by atoms with Crippen LogP contribution < -0.4 is 9.62 Å². The molecule has 0 bridgehead atoms. The smallest absolute Gasteiger partial charge is 0.263 e. The molecule has 0 saturated carbocycles. The molecule has 166 valence electrons. The van der Waals surface area contributed by atoms with E-state index < -0.39 is 10.0 Å². The van der Waals surface area contributed by atoms with Crippen molar-refractivity contribution in [1.29, 1.82) is 0 Å². The van der Waals surface area contributed by atoms with Crippen LogP contribution in [-0.4, -0.2) is 71.8 Å². The van der Waals surface area contributed by atoms with E-state index in [0.29, 0.717) is 58.3 Å². The Hall–Kier alpha value is -2.33. The third-order valence-electron chi connectivity index (χ3n) is 5.27. The number of halogens is 1. The first-order chi connectivity index (χ1) is 15.0. The van der Waals surface area contributed by atoms with Crippen molar-refractivity contribution < 1.29 is 22.7 Å². The number of anilines is 2. The Kier molecular flexibility index (Phi) is 6.66. The lowest BCUT2D eigenvalue weighted by Gasteiger charge is -2.30. The Morgan fingerprint density at radius 2 is 1.58 bits per heavy atom. The van der Waals surface area contributed by atoms with Crippen LogP contribution in [0.2, 0.25) is 5.02 Å². The molecule has 2 heterocycles. The van der Waals surface area contributed by atoms with Crippen LogP contribution >= 0.6 is 11.6 Å². The first kappa shape index (κ1) is 21.9. The lowest BCUT2D eigenvalue weighted by atomic mass is 10.2. The van der Waals surface area contributed by atoms with Crippen molar-refractivity contribution in [3.05, 3.63) is 53.1 Å². The molecule has 0 spiro atoms. The average Bonchev–Trinajstić information content (AvgIpc) is 2.80. The highest BCUT2D eigenvalue weighted by atomic mass is 35.5. The maximum absolute atomic E-state index is 13.2. The Balaban J connectivity index is 1.61. The normalized spacial score (nSPS) is 17.5. The number of carbonyl (C=O) groups is 1. The van der Waals surface area contributed by atoms with E-state index in [0.717, 1.165) is 5.69 Å². The van der Waals surface area contributed by atoms with Crippen molar-refractivity contribution in [3.8, 4) is 0 Å². The van der Waals surface area contributed by atoms with Crippen LogP contribution in [-0.2, 0) is 19.5 Å². The minimum atomic E-state index is -4.03. The van der Waals surface area contributed by atoms with E-state index >= 15 is 0 Å². The second kappa shape index (κ2) is 9.44. The summed E-state index contributed by atoms with van der Waals surface area (Å²) in [6, 6.07) is 11.5. The van der Waals surface area contributed by atoms with Gasteiger partial charge in [0.1, 0.15) is 4.90 Å². The molecule has 0 radical (unpaired) electrons. The fourth-order valence-corrected chi connectivity index (χ4v) is 5.23. The molecule has 8 nitrogen and oxygen atoms in total. The summed E-state index contributed by atoms with van der Waals surface area (Å²) in [5.41, 5.74) is 1.49. The summed E-state index contributed by atoms with van der Waals surface area (Å²) in [6.07, 6.45) is 0. The van der Waals surface area contributed by atoms with Crippen LogP contribution in [0.1, 0.15) is 10.4 Å². The number of benzene rings is 2. The van der Waals surface area contributed by atoms with Crippen LogP contribution in [0.25, 0.3) is 0 Å². The number of hydrogen-bond donors (Lipinski definition) is 1. The molecule has 0 atom stereocenters. The summed E-state index contributed by atoms with van der Waals surface area (Å²) in [7, 11) is -4.03. The lowest BCUT2D eigenvalue weighted by Crippen LogP contribution is -2.40. The molecule has 4 rings (SSSR count). The Bertz CT molecular complexity index is 1050. The highest BCUT2D eigenvalue weighted by molar-refractivity contribution is 7.92. The zero-order chi connectivity index (χ0) is 21.8. The number of para-hydroxylation sites is 2. The number of hydrogen-bond acceptors (Lipinski definition) is 6. The average molecular weight is 466 g/mol. The minimum Gasteiger partial charge on any atom is -0.378 e. The second-order valence-corrected chi connectivity index (χ2v) is 9.33. The van der Waals surface area contributed by atoms with Crippen LogP contribution in [0.3, 0.4) is 0 Å². The Morgan fingerprint density at radius 3 is 2.29 bits per heavy atom. The third kappa shape index (κ3) is 4.95. The van der Waals surface area contributed by atoms with Crippen LogP contribution in [0, 0.1) is 0 Å². The standard InChI is InChI=1S/C21H24ClN3O5S/c22-17-6-5-16(21(26)25-9-13-30-14-10-25)15-20(17)31(27,28)23-18-3-1-2-4-19(18)24-7-11-29-12-8-24/h1-6,15,23H,7-14H2. The van der Waals surface area contributed by atoms with Gasteiger partial charge in [-0.2, -0.15) is 0 Å². The van der Waals surface area contributed by atoms with Gasteiger partial charge in [0.15, 0.2) is 0 Å². The van der Waals surface area contributed by atoms with Crippen molar-refractivity contribution in [3.63, 3.8) is 0 Å². The van der Waals surface area contributed by atoms with Crippen LogP contribution in [0.4, 0.5) is 11.4 Å². The fraction of sp³-hybridized carbons (Fsp3) is 0.381.